The van der Waals surface area contributed by atoms with Gasteiger partial charge in [0.1, 0.15) is 5.75 Å². The number of amides is 2. The normalized spacial score (nSPS) is 24.4. The van der Waals surface area contributed by atoms with E-state index in [0.717, 1.165) is 30.6 Å². The fourth-order valence-electron chi connectivity index (χ4n) is 3.78. The van der Waals surface area contributed by atoms with Crippen molar-refractivity contribution in [2.24, 2.45) is 5.92 Å². The number of ether oxygens (including phenoxy) is 1. The van der Waals surface area contributed by atoms with Gasteiger partial charge in [-0.1, -0.05) is 6.07 Å². The van der Waals surface area contributed by atoms with Crippen molar-refractivity contribution in [1.29, 1.82) is 0 Å². The molecule has 2 aliphatic heterocycles. The molecule has 2 saturated heterocycles. The van der Waals surface area contributed by atoms with Crippen LogP contribution < -0.4 is 9.64 Å². The summed E-state index contributed by atoms with van der Waals surface area (Å²) in [6.45, 7) is 5.36. The lowest BCUT2D eigenvalue weighted by Crippen LogP contribution is -2.45. The van der Waals surface area contributed by atoms with Gasteiger partial charge in [0, 0.05) is 25.6 Å². The van der Waals surface area contributed by atoms with E-state index in [1.807, 2.05) is 30.0 Å². The standard InChI is InChI=1S/C19H26N2O3/c1-13-7-8-17(24-3)16(10-13)21-12-15(11-18(21)22)19(23)20-9-5-4-6-14(20)2/h7-8,10,14-15H,4-6,9,11-12H2,1-3H3/t14-,15-/m0/s1. The second kappa shape index (κ2) is 6.83. The molecule has 5 nitrogen and oxygen atoms in total. The number of hydrogen-bond donors (Lipinski definition) is 0. The minimum absolute atomic E-state index is 0.00177. The zero-order valence-electron chi connectivity index (χ0n) is 14.7. The quantitative estimate of drug-likeness (QED) is 0.856. The van der Waals surface area contributed by atoms with E-state index < -0.39 is 0 Å². The maximum absolute atomic E-state index is 12.9. The van der Waals surface area contributed by atoms with Crippen molar-refractivity contribution in [3.05, 3.63) is 23.8 Å². The molecular weight excluding hydrogens is 304 g/mol. The average molecular weight is 330 g/mol. The highest BCUT2D eigenvalue weighted by Crippen LogP contribution is 2.35. The Kier molecular flexibility index (Phi) is 4.78. The van der Waals surface area contributed by atoms with Crippen LogP contribution in [0, 0.1) is 12.8 Å². The molecule has 2 aliphatic rings. The number of piperidine rings is 1. The minimum Gasteiger partial charge on any atom is -0.495 e. The number of anilines is 1. The number of hydrogen-bond acceptors (Lipinski definition) is 3. The first-order chi connectivity index (χ1) is 11.5. The molecule has 2 amide bonds. The number of methoxy groups -OCH3 is 1. The minimum atomic E-state index is -0.247. The van der Waals surface area contributed by atoms with Crippen LogP contribution >= 0.6 is 0 Å². The predicted molar refractivity (Wildman–Crippen MR) is 93.2 cm³/mol. The van der Waals surface area contributed by atoms with Gasteiger partial charge in [-0.05, 0) is 50.8 Å². The van der Waals surface area contributed by atoms with Crippen LogP contribution in [0.2, 0.25) is 0 Å². The van der Waals surface area contributed by atoms with Crippen molar-refractivity contribution in [3.63, 3.8) is 0 Å². The van der Waals surface area contributed by atoms with Gasteiger partial charge in [0.05, 0.1) is 18.7 Å². The summed E-state index contributed by atoms with van der Waals surface area (Å²) in [5.41, 5.74) is 1.84. The summed E-state index contributed by atoms with van der Waals surface area (Å²) in [7, 11) is 1.60. The van der Waals surface area contributed by atoms with Crippen LogP contribution in [-0.4, -0.2) is 43.0 Å². The molecule has 5 heteroatoms. The Morgan fingerprint density at radius 2 is 2.08 bits per heavy atom. The first-order valence-corrected chi connectivity index (χ1v) is 8.76. The van der Waals surface area contributed by atoms with Crippen molar-refractivity contribution in [1.82, 2.24) is 4.90 Å². The Hall–Kier alpha value is -2.04. The number of benzene rings is 1. The SMILES string of the molecule is COc1ccc(C)cc1N1C[C@@H](C(=O)N2CCCC[C@@H]2C)CC1=O. The molecule has 0 aromatic heterocycles. The second-order valence-corrected chi connectivity index (χ2v) is 6.96. The smallest absolute Gasteiger partial charge is 0.228 e. The largest absolute Gasteiger partial charge is 0.495 e. The molecule has 0 saturated carbocycles. The van der Waals surface area contributed by atoms with Crippen molar-refractivity contribution < 1.29 is 14.3 Å². The molecule has 2 fully saturated rings. The Morgan fingerprint density at radius 3 is 2.79 bits per heavy atom. The molecule has 1 aromatic carbocycles. The van der Waals surface area contributed by atoms with Crippen LogP contribution in [0.25, 0.3) is 0 Å². The van der Waals surface area contributed by atoms with Gasteiger partial charge in [-0.3, -0.25) is 9.59 Å². The van der Waals surface area contributed by atoms with E-state index in [0.29, 0.717) is 18.7 Å². The number of aryl methyl sites for hydroxylation is 1. The number of rotatable bonds is 3. The van der Waals surface area contributed by atoms with Gasteiger partial charge in [0.25, 0.3) is 0 Å². The molecule has 0 unspecified atom stereocenters. The van der Waals surface area contributed by atoms with Gasteiger partial charge in [-0.2, -0.15) is 0 Å². The van der Waals surface area contributed by atoms with Crippen molar-refractivity contribution in [2.45, 2.75) is 45.6 Å². The zero-order valence-corrected chi connectivity index (χ0v) is 14.7. The number of likely N-dealkylation sites (tertiary alicyclic amines) is 1. The lowest BCUT2D eigenvalue weighted by molar-refractivity contribution is -0.139. The van der Waals surface area contributed by atoms with Crippen molar-refractivity contribution in [3.8, 4) is 5.75 Å². The van der Waals surface area contributed by atoms with Gasteiger partial charge >= 0.3 is 0 Å². The molecular formula is C19H26N2O3. The van der Waals surface area contributed by atoms with E-state index in [1.54, 1.807) is 12.0 Å². The summed E-state index contributed by atoms with van der Waals surface area (Å²) in [5, 5.41) is 0. The van der Waals surface area contributed by atoms with Crippen LogP contribution in [-0.2, 0) is 9.59 Å². The predicted octanol–water partition coefficient (Wildman–Crippen LogP) is 2.76. The average Bonchev–Trinajstić information content (AvgIpc) is 2.96. The highest BCUT2D eigenvalue weighted by molar-refractivity contribution is 6.01. The fraction of sp³-hybridized carbons (Fsp3) is 0.579. The molecule has 3 rings (SSSR count). The van der Waals surface area contributed by atoms with Gasteiger partial charge in [0.15, 0.2) is 0 Å². The monoisotopic (exact) mass is 330 g/mol. The summed E-state index contributed by atoms with van der Waals surface area (Å²) in [5.74, 6) is 0.559. The highest BCUT2D eigenvalue weighted by Gasteiger charge is 2.39. The van der Waals surface area contributed by atoms with E-state index in [2.05, 4.69) is 6.92 Å². The van der Waals surface area contributed by atoms with Crippen molar-refractivity contribution in [2.75, 3.05) is 25.1 Å². The Morgan fingerprint density at radius 1 is 1.29 bits per heavy atom. The summed E-state index contributed by atoms with van der Waals surface area (Å²) < 4.78 is 5.40. The highest BCUT2D eigenvalue weighted by atomic mass is 16.5. The van der Waals surface area contributed by atoms with E-state index in [-0.39, 0.29) is 23.8 Å². The molecule has 2 atom stereocenters. The van der Waals surface area contributed by atoms with E-state index >= 15 is 0 Å². The topological polar surface area (TPSA) is 49.9 Å². The first kappa shape index (κ1) is 16.8. The van der Waals surface area contributed by atoms with E-state index in [1.165, 1.54) is 6.42 Å². The lowest BCUT2D eigenvalue weighted by Gasteiger charge is -2.35. The Labute approximate surface area is 143 Å². The van der Waals surface area contributed by atoms with E-state index in [9.17, 15) is 9.59 Å². The van der Waals surface area contributed by atoms with Crippen LogP contribution in [0.1, 0.15) is 38.2 Å². The van der Waals surface area contributed by atoms with Gasteiger partial charge < -0.3 is 14.5 Å². The first-order valence-electron chi connectivity index (χ1n) is 8.76. The molecule has 24 heavy (non-hydrogen) atoms. The van der Waals surface area contributed by atoms with Gasteiger partial charge in [-0.15, -0.1) is 0 Å². The Balaban J connectivity index is 1.78. The van der Waals surface area contributed by atoms with Crippen LogP contribution in [0.15, 0.2) is 18.2 Å². The molecule has 1 aromatic rings. The lowest BCUT2D eigenvalue weighted by atomic mass is 9.99. The summed E-state index contributed by atoms with van der Waals surface area (Å²) in [4.78, 5) is 29.1. The number of nitrogens with zero attached hydrogens (tertiary/aromatic N) is 2. The third kappa shape index (κ3) is 3.12. The molecule has 0 radical (unpaired) electrons. The second-order valence-electron chi connectivity index (χ2n) is 6.96. The van der Waals surface area contributed by atoms with E-state index in [4.69, 9.17) is 4.74 Å². The number of carbonyl (C=O) groups excluding carboxylic acids is 2. The Bertz CT molecular complexity index is 643. The number of carbonyl (C=O) groups is 2. The molecule has 0 aliphatic carbocycles. The van der Waals surface area contributed by atoms with Gasteiger partial charge in [-0.25, -0.2) is 0 Å². The summed E-state index contributed by atoms with van der Waals surface area (Å²) in [6.07, 6.45) is 3.59. The summed E-state index contributed by atoms with van der Waals surface area (Å²) >= 11 is 0. The molecule has 0 spiro atoms. The van der Waals surface area contributed by atoms with Gasteiger partial charge in [0.2, 0.25) is 11.8 Å². The van der Waals surface area contributed by atoms with Crippen LogP contribution in [0.5, 0.6) is 5.75 Å². The van der Waals surface area contributed by atoms with Crippen LogP contribution in [0.3, 0.4) is 0 Å². The molecule has 130 valence electrons. The molecule has 0 N–H and O–H groups in total. The molecule has 2 heterocycles. The fourth-order valence-corrected chi connectivity index (χ4v) is 3.78. The zero-order chi connectivity index (χ0) is 17.3. The molecule has 0 bridgehead atoms. The summed E-state index contributed by atoms with van der Waals surface area (Å²) in [6, 6.07) is 6.07. The third-order valence-electron chi connectivity index (χ3n) is 5.19. The van der Waals surface area contributed by atoms with Crippen molar-refractivity contribution >= 4 is 17.5 Å². The maximum Gasteiger partial charge on any atom is 0.228 e. The third-order valence-corrected chi connectivity index (χ3v) is 5.19. The maximum atomic E-state index is 12.9. The van der Waals surface area contributed by atoms with Crippen LogP contribution in [0.4, 0.5) is 5.69 Å².